The van der Waals surface area contributed by atoms with E-state index in [9.17, 15) is 13.2 Å². The lowest BCUT2D eigenvalue weighted by Crippen LogP contribution is -2.29. The first-order valence-electron chi connectivity index (χ1n) is 7.19. The summed E-state index contributed by atoms with van der Waals surface area (Å²) in [4.78, 5) is 11.6. The molecule has 2 N–H and O–H groups in total. The van der Waals surface area contributed by atoms with Crippen molar-refractivity contribution in [2.24, 2.45) is 0 Å². The van der Waals surface area contributed by atoms with E-state index in [0.29, 0.717) is 13.1 Å². The van der Waals surface area contributed by atoms with Gasteiger partial charge in [0.2, 0.25) is 15.9 Å². The average Bonchev–Trinajstić information content (AvgIpc) is 2.92. The Kier molecular flexibility index (Phi) is 5.89. The molecule has 0 unspecified atom stereocenters. The van der Waals surface area contributed by atoms with E-state index in [1.165, 1.54) is 0 Å². The van der Waals surface area contributed by atoms with Gasteiger partial charge in [0.25, 0.3) is 0 Å². The summed E-state index contributed by atoms with van der Waals surface area (Å²) in [5, 5.41) is 6.99. The molecular formula is C15H20N4O3S. The van der Waals surface area contributed by atoms with Crippen LogP contribution in [0.1, 0.15) is 17.5 Å². The molecule has 7 nitrogen and oxygen atoms in total. The summed E-state index contributed by atoms with van der Waals surface area (Å²) in [5.74, 6) is -0.211. The van der Waals surface area contributed by atoms with Crippen LogP contribution in [-0.4, -0.2) is 36.9 Å². The van der Waals surface area contributed by atoms with Gasteiger partial charge in [0.05, 0.1) is 19.0 Å². The Morgan fingerprint density at radius 2 is 1.96 bits per heavy atom. The fourth-order valence-electron chi connectivity index (χ4n) is 1.99. The van der Waals surface area contributed by atoms with Crippen LogP contribution < -0.4 is 10.0 Å². The number of nitrogens with zero attached hydrogens (tertiary/aromatic N) is 2. The van der Waals surface area contributed by atoms with Gasteiger partial charge < -0.3 is 5.32 Å². The van der Waals surface area contributed by atoms with E-state index in [4.69, 9.17) is 0 Å². The number of rotatable bonds is 8. The molecule has 0 spiro atoms. The molecule has 23 heavy (non-hydrogen) atoms. The number of carbonyl (C=O) groups excluding carboxylic acids is 1. The molecule has 124 valence electrons. The smallest absolute Gasteiger partial charge is 0.221 e. The first kappa shape index (κ1) is 17.2. The molecule has 0 bridgehead atoms. The highest BCUT2D eigenvalue weighted by Crippen LogP contribution is 2.03. The van der Waals surface area contributed by atoms with Crippen LogP contribution in [0.25, 0.3) is 0 Å². The maximum absolute atomic E-state index is 11.6. The quantitative estimate of drug-likeness (QED) is 0.733. The largest absolute Gasteiger partial charge is 0.352 e. The van der Waals surface area contributed by atoms with E-state index in [1.54, 1.807) is 6.20 Å². The van der Waals surface area contributed by atoms with Crippen LogP contribution in [0.4, 0.5) is 0 Å². The van der Waals surface area contributed by atoms with Crippen molar-refractivity contribution in [2.45, 2.75) is 19.5 Å². The van der Waals surface area contributed by atoms with Crippen LogP contribution in [0, 0.1) is 0 Å². The molecule has 0 aliphatic carbocycles. The lowest BCUT2D eigenvalue weighted by atomic mass is 10.2. The van der Waals surface area contributed by atoms with Gasteiger partial charge in [0.1, 0.15) is 0 Å². The Balaban J connectivity index is 1.75. The molecular weight excluding hydrogens is 316 g/mol. The highest BCUT2D eigenvalue weighted by Gasteiger charge is 2.06. The van der Waals surface area contributed by atoms with Gasteiger partial charge in [-0.15, -0.1) is 0 Å². The second-order valence-electron chi connectivity index (χ2n) is 5.22. The molecule has 0 fully saturated rings. The van der Waals surface area contributed by atoms with Crippen LogP contribution in [0.2, 0.25) is 0 Å². The first-order chi connectivity index (χ1) is 10.9. The number of benzene rings is 1. The summed E-state index contributed by atoms with van der Waals surface area (Å²) in [5.41, 5.74) is 2.04. The zero-order valence-electron chi connectivity index (χ0n) is 12.9. The van der Waals surface area contributed by atoms with Gasteiger partial charge >= 0.3 is 0 Å². The molecule has 1 amide bonds. The number of amides is 1. The van der Waals surface area contributed by atoms with E-state index >= 15 is 0 Å². The van der Waals surface area contributed by atoms with Crippen molar-refractivity contribution in [3.63, 3.8) is 0 Å². The third kappa shape index (κ3) is 6.62. The number of sulfonamides is 1. The van der Waals surface area contributed by atoms with Crippen LogP contribution in [0.3, 0.4) is 0 Å². The summed E-state index contributed by atoms with van der Waals surface area (Å²) >= 11 is 0. The number of aromatic nitrogens is 2. The summed E-state index contributed by atoms with van der Waals surface area (Å²) in [6, 6.07) is 9.97. The van der Waals surface area contributed by atoms with Crippen LogP contribution in [-0.2, 0) is 27.9 Å². The predicted molar refractivity (Wildman–Crippen MR) is 87.1 cm³/mol. The summed E-state index contributed by atoms with van der Waals surface area (Å²) in [6.07, 6.45) is 4.75. The third-order valence-electron chi connectivity index (χ3n) is 3.08. The van der Waals surface area contributed by atoms with Gasteiger partial charge in [-0.2, -0.15) is 5.10 Å². The molecule has 0 radical (unpaired) electrons. The second kappa shape index (κ2) is 7.89. The van der Waals surface area contributed by atoms with Crippen LogP contribution in [0.5, 0.6) is 0 Å². The van der Waals surface area contributed by atoms with Crippen molar-refractivity contribution >= 4 is 15.9 Å². The van der Waals surface area contributed by atoms with Crippen molar-refractivity contribution in [3.8, 4) is 0 Å². The van der Waals surface area contributed by atoms with Crippen molar-refractivity contribution < 1.29 is 13.2 Å². The molecule has 0 saturated heterocycles. The average molecular weight is 336 g/mol. The highest BCUT2D eigenvalue weighted by molar-refractivity contribution is 7.88. The fourth-order valence-corrected chi connectivity index (χ4v) is 2.47. The molecule has 2 aromatic rings. The van der Waals surface area contributed by atoms with Crippen molar-refractivity contribution in [3.05, 3.63) is 53.9 Å². The summed E-state index contributed by atoms with van der Waals surface area (Å²) in [7, 11) is -3.26. The molecule has 0 aliphatic heterocycles. The number of hydrogen-bond donors (Lipinski definition) is 2. The van der Waals surface area contributed by atoms with E-state index < -0.39 is 10.0 Å². The minimum Gasteiger partial charge on any atom is -0.352 e. The van der Waals surface area contributed by atoms with Gasteiger partial charge in [0.15, 0.2) is 0 Å². The lowest BCUT2D eigenvalue weighted by molar-refractivity contribution is -0.121. The molecule has 0 saturated carbocycles. The molecule has 1 aromatic heterocycles. The monoisotopic (exact) mass is 336 g/mol. The van der Waals surface area contributed by atoms with Gasteiger partial charge in [-0.05, 0) is 5.56 Å². The standard InChI is InChI=1S/C15H20N4O3S/c1-23(21,22)18-8-7-15(20)16-9-14-10-17-19(12-14)11-13-5-3-2-4-6-13/h2-6,10,12,18H,7-9,11H2,1H3,(H,16,20). The first-order valence-corrected chi connectivity index (χ1v) is 9.08. The molecule has 8 heteroatoms. The summed E-state index contributed by atoms with van der Waals surface area (Å²) in [6.45, 7) is 1.14. The SMILES string of the molecule is CS(=O)(=O)NCCC(=O)NCc1cnn(Cc2ccccc2)c1. The molecule has 0 aliphatic rings. The minimum atomic E-state index is -3.26. The Bertz CT molecular complexity index is 741. The van der Waals surface area contributed by atoms with E-state index in [1.807, 2.05) is 41.2 Å². The summed E-state index contributed by atoms with van der Waals surface area (Å²) < 4.78 is 25.9. The third-order valence-corrected chi connectivity index (χ3v) is 3.81. The Morgan fingerprint density at radius 1 is 1.22 bits per heavy atom. The Hall–Kier alpha value is -2.19. The van der Waals surface area contributed by atoms with Crippen LogP contribution in [0.15, 0.2) is 42.7 Å². The van der Waals surface area contributed by atoms with Crippen molar-refractivity contribution in [2.75, 3.05) is 12.8 Å². The zero-order valence-corrected chi connectivity index (χ0v) is 13.7. The number of nitrogens with one attached hydrogen (secondary N) is 2. The number of hydrogen-bond acceptors (Lipinski definition) is 4. The maximum Gasteiger partial charge on any atom is 0.221 e. The fraction of sp³-hybridized carbons (Fsp3) is 0.333. The van der Waals surface area contributed by atoms with E-state index in [0.717, 1.165) is 17.4 Å². The second-order valence-corrected chi connectivity index (χ2v) is 7.06. The van der Waals surface area contributed by atoms with Crippen LogP contribution >= 0.6 is 0 Å². The van der Waals surface area contributed by atoms with Gasteiger partial charge in [-0.3, -0.25) is 9.48 Å². The van der Waals surface area contributed by atoms with Gasteiger partial charge in [0, 0.05) is 31.3 Å². The predicted octanol–water partition coefficient (Wildman–Crippen LogP) is 0.487. The normalized spacial score (nSPS) is 11.3. The maximum atomic E-state index is 11.6. The van der Waals surface area contributed by atoms with Gasteiger partial charge in [-0.25, -0.2) is 13.1 Å². The minimum absolute atomic E-state index is 0.0952. The topological polar surface area (TPSA) is 93.1 Å². The molecule has 0 atom stereocenters. The number of carbonyl (C=O) groups is 1. The molecule has 2 rings (SSSR count). The highest BCUT2D eigenvalue weighted by atomic mass is 32.2. The van der Waals surface area contributed by atoms with E-state index in [-0.39, 0.29) is 18.9 Å². The zero-order chi connectivity index (χ0) is 16.7. The molecule has 1 heterocycles. The van der Waals surface area contributed by atoms with E-state index in [2.05, 4.69) is 15.1 Å². The Morgan fingerprint density at radius 3 is 2.65 bits per heavy atom. The van der Waals surface area contributed by atoms with Crippen molar-refractivity contribution in [1.82, 2.24) is 19.8 Å². The van der Waals surface area contributed by atoms with Gasteiger partial charge in [-0.1, -0.05) is 30.3 Å². The Labute approximate surface area is 135 Å². The lowest BCUT2D eigenvalue weighted by Gasteiger charge is -2.04. The molecule has 1 aromatic carbocycles. The van der Waals surface area contributed by atoms with Crippen molar-refractivity contribution in [1.29, 1.82) is 0 Å².